The molecule has 0 aromatic heterocycles. The van der Waals surface area contributed by atoms with Crippen molar-refractivity contribution in [2.75, 3.05) is 19.3 Å². The van der Waals surface area contributed by atoms with Gasteiger partial charge in [-0.2, -0.15) is 0 Å². The zero-order valence-corrected chi connectivity index (χ0v) is 10.2. The molecule has 0 fully saturated rings. The molecule has 7 heteroatoms. The van der Waals surface area contributed by atoms with Crippen LogP contribution in [0.15, 0.2) is 30.9 Å². The Bertz CT molecular complexity index is 486. The third-order valence-corrected chi connectivity index (χ3v) is 2.23. The largest absolute Gasteiger partial charge is 0.573 e. The van der Waals surface area contributed by atoms with Crippen LogP contribution in [0.1, 0.15) is 10.4 Å². The SMILES string of the molecule is C=CCN(C)C(=O)c1ccc(OC(F)(F)F)c(N)c1. The molecule has 1 amide bonds. The van der Waals surface area contributed by atoms with Gasteiger partial charge < -0.3 is 15.4 Å². The van der Waals surface area contributed by atoms with Crippen molar-refractivity contribution in [2.45, 2.75) is 6.36 Å². The van der Waals surface area contributed by atoms with Crippen LogP contribution in [0, 0.1) is 0 Å². The Morgan fingerprint density at radius 1 is 1.53 bits per heavy atom. The molecule has 0 saturated heterocycles. The van der Waals surface area contributed by atoms with Gasteiger partial charge in [0.05, 0.1) is 5.69 Å². The van der Waals surface area contributed by atoms with Gasteiger partial charge in [-0.15, -0.1) is 19.8 Å². The number of carbonyl (C=O) groups excluding carboxylic acids is 1. The second-order valence-electron chi connectivity index (χ2n) is 3.77. The van der Waals surface area contributed by atoms with Gasteiger partial charge >= 0.3 is 6.36 Å². The molecule has 0 aliphatic heterocycles. The summed E-state index contributed by atoms with van der Waals surface area (Å²) in [6, 6.07) is 3.38. The molecule has 104 valence electrons. The Kier molecular flexibility index (Phi) is 4.42. The van der Waals surface area contributed by atoms with E-state index in [9.17, 15) is 18.0 Å². The number of nitrogens with zero attached hydrogens (tertiary/aromatic N) is 1. The lowest BCUT2D eigenvalue weighted by atomic mass is 10.1. The molecule has 4 nitrogen and oxygen atoms in total. The maximum atomic E-state index is 12.0. The fourth-order valence-electron chi connectivity index (χ4n) is 1.40. The zero-order valence-electron chi connectivity index (χ0n) is 10.2. The molecule has 0 bridgehead atoms. The molecule has 0 unspecified atom stereocenters. The van der Waals surface area contributed by atoms with E-state index in [1.165, 1.54) is 17.0 Å². The molecular weight excluding hydrogens is 261 g/mol. The highest BCUT2D eigenvalue weighted by atomic mass is 19.4. The molecule has 1 aromatic carbocycles. The standard InChI is InChI=1S/C12H13F3N2O2/c1-3-6-17(2)11(18)8-4-5-10(9(16)7-8)19-12(13,14)15/h3-5,7H,1,6,16H2,2H3. The number of nitrogens with two attached hydrogens (primary N) is 1. The van der Waals surface area contributed by atoms with Crippen LogP contribution in [0.25, 0.3) is 0 Å². The average molecular weight is 274 g/mol. The summed E-state index contributed by atoms with van der Waals surface area (Å²) >= 11 is 0. The number of rotatable bonds is 4. The lowest BCUT2D eigenvalue weighted by Gasteiger charge is -2.16. The number of likely N-dealkylation sites (N-methyl/N-ethyl adjacent to an activating group) is 1. The van der Waals surface area contributed by atoms with Gasteiger partial charge in [0.1, 0.15) is 0 Å². The quantitative estimate of drug-likeness (QED) is 0.677. The highest BCUT2D eigenvalue weighted by Crippen LogP contribution is 2.29. The first kappa shape index (κ1) is 14.9. The molecule has 0 aliphatic carbocycles. The highest BCUT2D eigenvalue weighted by molar-refractivity contribution is 5.95. The van der Waals surface area contributed by atoms with Crippen LogP contribution in [-0.4, -0.2) is 30.8 Å². The van der Waals surface area contributed by atoms with Crippen molar-refractivity contribution >= 4 is 11.6 Å². The summed E-state index contributed by atoms with van der Waals surface area (Å²) in [6.45, 7) is 3.80. The number of anilines is 1. The van der Waals surface area contributed by atoms with E-state index in [2.05, 4.69) is 11.3 Å². The fraction of sp³-hybridized carbons (Fsp3) is 0.250. The Morgan fingerprint density at radius 2 is 2.16 bits per heavy atom. The number of nitrogen functional groups attached to an aromatic ring is 1. The summed E-state index contributed by atoms with van der Waals surface area (Å²) in [5.74, 6) is -0.902. The average Bonchev–Trinajstić information content (AvgIpc) is 2.29. The van der Waals surface area contributed by atoms with Crippen LogP contribution in [0.3, 0.4) is 0 Å². The summed E-state index contributed by atoms with van der Waals surface area (Å²) in [5.41, 5.74) is 5.35. The Hall–Kier alpha value is -2.18. The minimum Gasteiger partial charge on any atom is -0.404 e. The number of halogens is 3. The Labute approximate surface area is 108 Å². The number of hydrogen-bond donors (Lipinski definition) is 1. The maximum Gasteiger partial charge on any atom is 0.573 e. The van der Waals surface area contributed by atoms with E-state index in [1.807, 2.05) is 0 Å². The van der Waals surface area contributed by atoms with Crippen LogP contribution in [0.4, 0.5) is 18.9 Å². The van der Waals surface area contributed by atoms with Gasteiger partial charge in [-0.3, -0.25) is 4.79 Å². The van der Waals surface area contributed by atoms with Gasteiger partial charge in [-0.1, -0.05) is 6.08 Å². The van der Waals surface area contributed by atoms with E-state index in [1.54, 1.807) is 7.05 Å². The molecule has 0 aliphatic rings. The number of amides is 1. The molecule has 2 N–H and O–H groups in total. The normalized spacial score (nSPS) is 10.9. The first-order valence-corrected chi connectivity index (χ1v) is 5.26. The number of carbonyl (C=O) groups is 1. The predicted octanol–water partition coefficient (Wildman–Crippen LogP) is 2.43. The first-order valence-electron chi connectivity index (χ1n) is 5.26. The molecule has 0 spiro atoms. The topological polar surface area (TPSA) is 55.6 Å². The van der Waals surface area contributed by atoms with E-state index in [0.717, 1.165) is 12.1 Å². The molecule has 0 atom stereocenters. The van der Waals surface area contributed by atoms with Crippen LogP contribution >= 0.6 is 0 Å². The molecule has 19 heavy (non-hydrogen) atoms. The van der Waals surface area contributed by atoms with E-state index in [4.69, 9.17) is 5.73 Å². The highest BCUT2D eigenvalue weighted by Gasteiger charge is 2.32. The van der Waals surface area contributed by atoms with Crippen molar-refractivity contribution in [1.29, 1.82) is 0 Å². The number of alkyl halides is 3. The molecule has 1 rings (SSSR count). The summed E-state index contributed by atoms with van der Waals surface area (Å²) in [4.78, 5) is 13.2. The van der Waals surface area contributed by atoms with Gasteiger partial charge in [0.2, 0.25) is 0 Å². The van der Waals surface area contributed by atoms with Gasteiger partial charge in [0.25, 0.3) is 5.91 Å². The van der Waals surface area contributed by atoms with Crippen molar-refractivity contribution in [3.8, 4) is 5.75 Å². The van der Waals surface area contributed by atoms with Crippen molar-refractivity contribution in [3.63, 3.8) is 0 Å². The van der Waals surface area contributed by atoms with Crippen molar-refractivity contribution in [1.82, 2.24) is 4.90 Å². The lowest BCUT2D eigenvalue weighted by Crippen LogP contribution is -2.26. The Morgan fingerprint density at radius 3 is 2.63 bits per heavy atom. The third kappa shape index (κ3) is 4.20. The van der Waals surface area contributed by atoms with Crippen LogP contribution in [-0.2, 0) is 0 Å². The minimum atomic E-state index is -4.82. The fourth-order valence-corrected chi connectivity index (χ4v) is 1.40. The van der Waals surface area contributed by atoms with Crippen LogP contribution < -0.4 is 10.5 Å². The van der Waals surface area contributed by atoms with Crippen LogP contribution in [0.2, 0.25) is 0 Å². The van der Waals surface area contributed by atoms with E-state index < -0.39 is 12.1 Å². The first-order chi connectivity index (χ1) is 8.74. The van der Waals surface area contributed by atoms with E-state index in [0.29, 0.717) is 6.54 Å². The number of hydrogen-bond acceptors (Lipinski definition) is 3. The molecular formula is C12H13F3N2O2. The van der Waals surface area contributed by atoms with Crippen molar-refractivity contribution < 1.29 is 22.7 Å². The lowest BCUT2D eigenvalue weighted by molar-refractivity contribution is -0.274. The molecule has 1 aromatic rings. The van der Waals surface area contributed by atoms with E-state index in [-0.39, 0.29) is 17.2 Å². The number of benzene rings is 1. The summed E-state index contributed by atoms with van der Waals surface area (Å²) in [7, 11) is 1.54. The van der Waals surface area contributed by atoms with Crippen LogP contribution in [0.5, 0.6) is 5.75 Å². The second-order valence-corrected chi connectivity index (χ2v) is 3.77. The Balaban J connectivity index is 2.93. The molecule has 0 heterocycles. The summed E-state index contributed by atoms with van der Waals surface area (Å²) in [5, 5.41) is 0. The monoisotopic (exact) mass is 274 g/mol. The predicted molar refractivity (Wildman–Crippen MR) is 64.7 cm³/mol. The van der Waals surface area contributed by atoms with Crippen molar-refractivity contribution in [3.05, 3.63) is 36.4 Å². The van der Waals surface area contributed by atoms with Gasteiger partial charge in [-0.05, 0) is 18.2 Å². The van der Waals surface area contributed by atoms with Crippen molar-refractivity contribution in [2.24, 2.45) is 0 Å². The zero-order chi connectivity index (χ0) is 14.6. The van der Waals surface area contributed by atoms with Gasteiger partial charge in [0, 0.05) is 19.2 Å². The number of ether oxygens (including phenoxy) is 1. The minimum absolute atomic E-state index is 0.177. The molecule has 0 saturated carbocycles. The van der Waals surface area contributed by atoms with E-state index >= 15 is 0 Å². The smallest absolute Gasteiger partial charge is 0.404 e. The maximum absolute atomic E-state index is 12.0. The summed E-state index contributed by atoms with van der Waals surface area (Å²) < 4.78 is 39.8. The molecule has 0 radical (unpaired) electrons. The van der Waals surface area contributed by atoms with Gasteiger partial charge in [0.15, 0.2) is 5.75 Å². The summed E-state index contributed by atoms with van der Waals surface area (Å²) in [6.07, 6.45) is -3.29. The third-order valence-electron chi connectivity index (χ3n) is 2.23. The second kappa shape index (κ2) is 5.64. The van der Waals surface area contributed by atoms with Gasteiger partial charge in [-0.25, -0.2) is 0 Å².